The number of nitrogen functional groups attached to an aromatic ring is 1. The first-order valence-corrected chi connectivity index (χ1v) is 4.76. The van der Waals surface area contributed by atoms with Crippen molar-refractivity contribution in [2.75, 3.05) is 12.8 Å². The molecule has 0 aliphatic rings. The van der Waals surface area contributed by atoms with E-state index in [-0.39, 0.29) is 0 Å². The number of hydrogen-bond acceptors (Lipinski definition) is 5. The highest BCUT2D eigenvalue weighted by atomic mass is 32.1. The molecule has 0 saturated carbocycles. The van der Waals surface area contributed by atoms with Crippen LogP contribution < -0.4 is 5.73 Å². The number of thiophene rings is 1. The van der Waals surface area contributed by atoms with E-state index in [1.165, 1.54) is 18.4 Å². The molecule has 0 bridgehead atoms. The van der Waals surface area contributed by atoms with Crippen LogP contribution in [0.3, 0.4) is 0 Å². The topological polar surface area (TPSA) is 65.2 Å². The molecule has 0 atom stereocenters. The molecular formula is C9H8N2O2S. The first-order valence-electron chi connectivity index (χ1n) is 3.94. The first-order chi connectivity index (χ1) is 6.74. The molecule has 0 fully saturated rings. The number of ether oxygens (including phenoxy) is 1. The van der Waals surface area contributed by atoms with Crippen LogP contribution in [0.25, 0.3) is 10.1 Å². The Balaban J connectivity index is 2.68. The zero-order chi connectivity index (χ0) is 10.1. The summed E-state index contributed by atoms with van der Waals surface area (Å²) in [5.74, 6) is -0.399. The van der Waals surface area contributed by atoms with E-state index in [9.17, 15) is 4.79 Å². The summed E-state index contributed by atoms with van der Waals surface area (Å²) < 4.78 is 5.56. The molecule has 5 heteroatoms. The van der Waals surface area contributed by atoms with Crippen molar-refractivity contribution in [3.63, 3.8) is 0 Å². The maximum Gasteiger partial charge on any atom is 0.350 e. The van der Waals surface area contributed by atoms with Gasteiger partial charge in [0.05, 0.1) is 12.8 Å². The number of fused-ring (bicyclic) bond motifs is 1. The zero-order valence-corrected chi connectivity index (χ0v) is 8.30. The molecule has 0 saturated heterocycles. The van der Waals surface area contributed by atoms with E-state index >= 15 is 0 Å². The minimum Gasteiger partial charge on any atom is -0.465 e. The fraction of sp³-hybridized carbons (Fsp3) is 0.111. The normalized spacial score (nSPS) is 10.4. The Hall–Kier alpha value is -1.62. The zero-order valence-electron chi connectivity index (χ0n) is 7.48. The van der Waals surface area contributed by atoms with E-state index < -0.39 is 5.97 Å². The Labute approximate surface area is 84.3 Å². The van der Waals surface area contributed by atoms with E-state index in [2.05, 4.69) is 9.72 Å². The van der Waals surface area contributed by atoms with Gasteiger partial charge in [-0.25, -0.2) is 4.79 Å². The average molecular weight is 208 g/mol. The van der Waals surface area contributed by atoms with E-state index in [1.807, 2.05) is 6.07 Å². The maximum atomic E-state index is 11.3. The van der Waals surface area contributed by atoms with Crippen LogP contribution in [0.15, 0.2) is 18.5 Å². The van der Waals surface area contributed by atoms with Crippen LogP contribution in [0, 0.1) is 0 Å². The minimum absolute atomic E-state index is 0.399. The Bertz CT molecular complexity index is 493. The van der Waals surface area contributed by atoms with Gasteiger partial charge in [0.15, 0.2) is 0 Å². The highest BCUT2D eigenvalue weighted by Crippen LogP contribution is 2.32. The lowest BCUT2D eigenvalue weighted by molar-refractivity contribution is 0.0607. The number of esters is 1. The second-order valence-corrected chi connectivity index (χ2v) is 3.76. The molecule has 0 unspecified atom stereocenters. The van der Waals surface area contributed by atoms with E-state index in [0.717, 1.165) is 10.1 Å². The van der Waals surface area contributed by atoms with Crippen LogP contribution in [-0.2, 0) is 4.74 Å². The fourth-order valence-corrected chi connectivity index (χ4v) is 2.21. The standard InChI is InChI=1S/C9H8N2O2S/c1-13-9(12)8-7(10)5-4-11-3-2-6(5)14-8/h2-4H,10H2,1H3. The summed E-state index contributed by atoms with van der Waals surface area (Å²) in [5, 5.41) is 0.804. The molecule has 0 radical (unpaired) electrons. The second kappa shape index (κ2) is 3.26. The van der Waals surface area contributed by atoms with Crippen LogP contribution in [0.1, 0.15) is 9.67 Å². The number of carbonyl (C=O) groups excluding carboxylic acids is 1. The molecule has 2 rings (SSSR count). The van der Waals surface area contributed by atoms with Crippen molar-refractivity contribution in [3.8, 4) is 0 Å². The number of pyridine rings is 1. The van der Waals surface area contributed by atoms with Crippen molar-refractivity contribution in [3.05, 3.63) is 23.3 Å². The lowest BCUT2D eigenvalue weighted by Gasteiger charge is -1.95. The molecule has 0 aliphatic carbocycles. The third kappa shape index (κ3) is 1.22. The number of anilines is 1. The highest BCUT2D eigenvalue weighted by Gasteiger charge is 2.16. The van der Waals surface area contributed by atoms with Gasteiger partial charge in [-0.15, -0.1) is 11.3 Å². The molecule has 2 heterocycles. The van der Waals surface area contributed by atoms with Crippen molar-refractivity contribution in [1.29, 1.82) is 0 Å². The van der Waals surface area contributed by atoms with Crippen LogP contribution >= 0.6 is 11.3 Å². The lowest BCUT2D eigenvalue weighted by Crippen LogP contribution is -2.01. The van der Waals surface area contributed by atoms with Gasteiger partial charge < -0.3 is 10.5 Å². The van der Waals surface area contributed by atoms with Crippen molar-refractivity contribution in [2.45, 2.75) is 0 Å². The Morgan fingerprint density at radius 3 is 3.07 bits per heavy atom. The minimum atomic E-state index is -0.399. The van der Waals surface area contributed by atoms with Crippen molar-refractivity contribution in [1.82, 2.24) is 4.98 Å². The predicted octanol–water partition coefficient (Wildman–Crippen LogP) is 1.67. The van der Waals surface area contributed by atoms with Gasteiger partial charge in [0, 0.05) is 22.5 Å². The molecule has 2 N–H and O–H groups in total. The van der Waals surface area contributed by atoms with Crippen LogP contribution in [0.4, 0.5) is 5.69 Å². The molecular weight excluding hydrogens is 200 g/mol. The summed E-state index contributed by atoms with van der Waals surface area (Å²) in [7, 11) is 1.34. The summed E-state index contributed by atoms with van der Waals surface area (Å²) in [6.45, 7) is 0. The summed E-state index contributed by atoms with van der Waals surface area (Å²) in [5.41, 5.74) is 6.23. The summed E-state index contributed by atoms with van der Waals surface area (Å²) >= 11 is 1.32. The molecule has 0 aliphatic heterocycles. The van der Waals surface area contributed by atoms with Gasteiger partial charge >= 0.3 is 5.97 Å². The molecule has 0 spiro atoms. The number of rotatable bonds is 1. The maximum absolute atomic E-state index is 11.3. The van der Waals surface area contributed by atoms with Gasteiger partial charge in [-0.2, -0.15) is 0 Å². The molecule has 4 nitrogen and oxygen atoms in total. The largest absolute Gasteiger partial charge is 0.465 e. The van der Waals surface area contributed by atoms with Crippen molar-refractivity contribution < 1.29 is 9.53 Å². The molecule has 0 amide bonds. The number of nitrogens with two attached hydrogens (primary N) is 1. The summed E-state index contributed by atoms with van der Waals surface area (Å²) in [6.07, 6.45) is 3.31. The predicted molar refractivity (Wildman–Crippen MR) is 55.4 cm³/mol. The Morgan fingerprint density at radius 1 is 1.64 bits per heavy atom. The Kier molecular flexibility index (Phi) is 2.09. The third-order valence-corrected chi connectivity index (χ3v) is 3.07. The van der Waals surface area contributed by atoms with E-state index in [4.69, 9.17) is 5.73 Å². The van der Waals surface area contributed by atoms with Gasteiger partial charge in [0.2, 0.25) is 0 Å². The Morgan fingerprint density at radius 2 is 2.43 bits per heavy atom. The first kappa shape index (κ1) is 8.96. The number of hydrogen-bond donors (Lipinski definition) is 1. The number of nitrogens with zero attached hydrogens (tertiary/aromatic N) is 1. The van der Waals surface area contributed by atoms with Gasteiger partial charge in [0.25, 0.3) is 0 Å². The fourth-order valence-electron chi connectivity index (χ4n) is 1.20. The van der Waals surface area contributed by atoms with Gasteiger partial charge in [-0.05, 0) is 6.07 Å². The van der Waals surface area contributed by atoms with E-state index in [1.54, 1.807) is 12.4 Å². The van der Waals surface area contributed by atoms with E-state index in [0.29, 0.717) is 10.6 Å². The van der Waals surface area contributed by atoms with Gasteiger partial charge in [0.1, 0.15) is 4.88 Å². The average Bonchev–Trinajstić information content (AvgIpc) is 2.56. The quantitative estimate of drug-likeness (QED) is 0.724. The molecule has 14 heavy (non-hydrogen) atoms. The van der Waals surface area contributed by atoms with Gasteiger partial charge in [-0.1, -0.05) is 0 Å². The number of methoxy groups -OCH3 is 1. The molecule has 2 aromatic rings. The second-order valence-electron chi connectivity index (χ2n) is 2.71. The molecule has 0 aromatic carbocycles. The van der Waals surface area contributed by atoms with Gasteiger partial charge in [-0.3, -0.25) is 4.98 Å². The molecule has 2 aromatic heterocycles. The van der Waals surface area contributed by atoms with Crippen LogP contribution in [-0.4, -0.2) is 18.1 Å². The smallest absolute Gasteiger partial charge is 0.350 e. The monoisotopic (exact) mass is 208 g/mol. The van der Waals surface area contributed by atoms with Crippen molar-refractivity contribution >= 4 is 33.1 Å². The molecule has 72 valence electrons. The summed E-state index contributed by atoms with van der Waals surface area (Å²) in [4.78, 5) is 15.7. The third-order valence-electron chi connectivity index (χ3n) is 1.90. The van der Waals surface area contributed by atoms with Crippen LogP contribution in [0.2, 0.25) is 0 Å². The SMILES string of the molecule is COC(=O)c1sc2ccncc2c1N. The number of carbonyl (C=O) groups is 1. The summed E-state index contributed by atoms with van der Waals surface area (Å²) in [6, 6.07) is 1.82. The lowest BCUT2D eigenvalue weighted by atomic mass is 10.3. The van der Waals surface area contributed by atoms with Crippen LogP contribution in [0.5, 0.6) is 0 Å². The number of aromatic nitrogens is 1. The highest BCUT2D eigenvalue weighted by molar-refractivity contribution is 7.21. The van der Waals surface area contributed by atoms with Crippen molar-refractivity contribution in [2.24, 2.45) is 0 Å².